The average Bonchev–Trinajstić information content (AvgIpc) is 2.92. The van der Waals surface area contributed by atoms with Crippen LogP contribution in [0.1, 0.15) is 22.6 Å². The van der Waals surface area contributed by atoms with Crippen LogP contribution in [-0.4, -0.2) is 29.2 Å². The Morgan fingerprint density at radius 3 is 2.68 bits per heavy atom. The van der Waals surface area contributed by atoms with E-state index in [1.807, 2.05) is 38.2 Å². The Labute approximate surface area is 129 Å². The number of hydrogen-bond acceptors (Lipinski definition) is 4. The second-order valence-corrected chi connectivity index (χ2v) is 5.29. The molecule has 0 saturated carbocycles. The molecule has 2 heterocycles. The summed E-state index contributed by atoms with van der Waals surface area (Å²) in [5.74, 6) is 2.58. The maximum atomic E-state index is 5.46. The molecule has 0 atom stereocenters. The van der Waals surface area contributed by atoms with Gasteiger partial charge in [0.2, 0.25) is 0 Å². The van der Waals surface area contributed by atoms with Crippen molar-refractivity contribution in [2.24, 2.45) is 0 Å². The predicted molar refractivity (Wildman–Crippen MR) is 85.7 cm³/mol. The first-order chi connectivity index (χ1) is 10.6. The number of H-pyrrole nitrogens is 1. The van der Waals surface area contributed by atoms with Crippen LogP contribution in [0.2, 0.25) is 0 Å². The van der Waals surface area contributed by atoms with Crippen molar-refractivity contribution >= 4 is 11.0 Å². The minimum absolute atomic E-state index is 0.638. The largest absolute Gasteiger partial charge is 0.497 e. The van der Waals surface area contributed by atoms with E-state index in [-0.39, 0.29) is 0 Å². The third-order valence-corrected chi connectivity index (χ3v) is 3.82. The maximum Gasteiger partial charge on any atom is 0.128 e. The van der Waals surface area contributed by atoms with E-state index in [1.54, 1.807) is 14.2 Å². The van der Waals surface area contributed by atoms with Crippen molar-refractivity contribution < 1.29 is 9.47 Å². The van der Waals surface area contributed by atoms with Crippen molar-refractivity contribution in [3.05, 3.63) is 47.0 Å². The Kier molecular flexibility index (Phi) is 3.71. The third-order valence-electron chi connectivity index (χ3n) is 3.82. The molecule has 0 unspecified atom stereocenters. The number of ether oxygens (including phenoxy) is 2. The molecule has 5 heteroatoms. The fourth-order valence-electron chi connectivity index (χ4n) is 2.66. The number of fused-ring (bicyclic) bond motifs is 1. The molecule has 3 aromatic rings. The van der Waals surface area contributed by atoms with E-state index in [0.29, 0.717) is 6.42 Å². The Morgan fingerprint density at radius 1 is 1.14 bits per heavy atom. The molecule has 5 nitrogen and oxygen atoms in total. The fourth-order valence-corrected chi connectivity index (χ4v) is 2.66. The third kappa shape index (κ3) is 2.50. The van der Waals surface area contributed by atoms with Gasteiger partial charge in [-0.25, -0.2) is 4.98 Å². The summed E-state index contributed by atoms with van der Waals surface area (Å²) in [5, 5.41) is 0. The molecule has 0 amide bonds. The van der Waals surface area contributed by atoms with Gasteiger partial charge < -0.3 is 14.5 Å². The zero-order valence-corrected chi connectivity index (χ0v) is 13.2. The molecule has 1 aromatic carbocycles. The van der Waals surface area contributed by atoms with Crippen LogP contribution in [0, 0.1) is 13.8 Å². The molecule has 0 spiro atoms. The number of rotatable bonds is 4. The molecule has 22 heavy (non-hydrogen) atoms. The van der Waals surface area contributed by atoms with Crippen molar-refractivity contribution in [3.63, 3.8) is 0 Å². The van der Waals surface area contributed by atoms with Crippen LogP contribution in [0.25, 0.3) is 11.0 Å². The maximum absolute atomic E-state index is 5.46. The van der Waals surface area contributed by atoms with E-state index >= 15 is 0 Å². The molecule has 2 aromatic heterocycles. The highest BCUT2D eigenvalue weighted by molar-refractivity contribution is 5.76. The molecule has 0 fully saturated rings. The molecular weight excluding hydrogens is 278 g/mol. The number of nitrogens with zero attached hydrogens (tertiary/aromatic N) is 2. The molecule has 0 aliphatic carbocycles. The minimum atomic E-state index is 0.638. The van der Waals surface area contributed by atoms with E-state index in [2.05, 4.69) is 15.0 Å². The molecule has 0 aliphatic heterocycles. The Balaban J connectivity index is 1.96. The molecular formula is C17H19N3O2. The van der Waals surface area contributed by atoms with E-state index in [0.717, 1.165) is 45.2 Å². The summed E-state index contributed by atoms with van der Waals surface area (Å²) in [4.78, 5) is 12.5. The van der Waals surface area contributed by atoms with E-state index < -0.39 is 0 Å². The lowest BCUT2D eigenvalue weighted by Crippen LogP contribution is -2.01. The SMILES string of the molecule is COc1ccc2nc(Cc3ncc(C)c(OC)c3C)[nH]c2c1. The van der Waals surface area contributed by atoms with Gasteiger partial charge in [0.25, 0.3) is 0 Å². The lowest BCUT2D eigenvalue weighted by Gasteiger charge is -2.11. The van der Waals surface area contributed by atoms with Crippen LogP contribution in [0.15, 0.2) is 24.4 Å². The summed E-state index contributed by atoms with van der Waals surface area (Å²) >= 11 is 0. The van der Waals surface area contributed by atoms with Gasteiger partial charge in [-0.05, 0) is 26.0 Å². The smallest absolute Gasteiger partial charge is 0.128 e. The highest BCUT2D eigenvalue weighted by atomic mass is 16.5. The predicted octanol–water partition coefficient (Wildman–Crippen LogP) is 3.18. The van der Waals surface area contributed by atoms with E-state index in [4.69, 9.17) is 9.47 Å². The number of methoxy groups -OCH3 is 2. The molecule has 0 radical (unpaired) electrons. The van der Waals surface area contributed by atoms with Gasteiger partial charge >= 0.3 is 0 Å². The quantitative estimate of drug-likeness (QED) is 0.803. The summed E-state index contributed by atoms with van der Waals surface area (Å²) in [6.45, 7) is 4.02. The van der Waals surface area contributed by atoms with Crippen molar-refractivity contribution in [2.75, 3.05) is 14.2 Å². The average molecular weight is 297 g/mol. The number of imidazole rings is 1. The lowest BCUT2D eigenvalue weighted by molar-refractivity contribution is 0.407. The molecule has 0 saturated heterocycles. The molecule has 0 bridgehead atoms. The first-order valence-corrected chi connectivity index (χ1v) is 7.14. The highest BCUT2D eigenvalue weighted by Crippen LogP contribution is 2.26. The Hall–Kier alpha value is -2.56. The number of nitrogens with one attached hydrogen (secondary N) is 1. The van der Waals surface area contributed by atoms with Gasteiger partial charge in [-0.15, -0.1) is 0 Å². The molecule has 114 valence electrons. The number of benzene rings is 1. The number of aromatic amines is 1. The summed E-state index contributed by atoms with van der Waals surface area (Å²) < 4.78 is 10.7. The van der Waals surface area contributed by atoms with Crippen LogP contribution in [-0.2, 0) is 6.42 Å². The van der Waals surface area contributed by atoms with Crippen molar-refractivity contribution in [1.29, 1.82) is 0 Å². The van der Waals surface area contributed by atoms with E-state index in [1.165, 1.54) is 0 Å². The highest BCUT2D eigenvalue weighted by Gasteiger charge is 2.12. The van der Waals surface area contributed by atoms with Crippen LogP contribution in [0.5, 0.6) is 11.5 Å². The second-order valence-electron chi connectivity index (χ2n) is 5.29. The van der Waals surface area contributed by atoms with Gasteiger partial charge in [0.05, 0.1) is 30.9 Å². The van der Waals surface area contributed by atoms with Gasteiger partial charge in [-0.3, -0.25) is 4.98 Å². The summed E-state index contributed by atoms with van der Waals surface area (Å²) in [6.07, 6.45) is 2.48. The van der Waals surface area contributed by atoms with Gasteiger partial charge in [0.1, 0.15) is 17.3 Å². The number of pyridine rings is 1. The van der Waals surface area contributed by atoms with Gasteiger partial charge in [0, 0.05) is 29.8 Å². The van der Waals surface area contributed by atoms with Crippen molar-refractivity contribution in [3.8, 4) is 11.5 Å². The Bertz CT molecular complexity index is 824. The monoisotopic (exact) mass is 297 g/mol. The van der Waals surface area contributed by atoms with Crippen LogP contribution >= 0.6 is 0 Å². The summed E-state index contributed by atoms with van der Waals surface area (Å²) in [7, 11) is 3.34. The van der Waals surface area contributed by atoms with Crippen LogP contribution in [0.3, 0.4) is 0 Å². The fraction of sp³-hybridized carbons (Fsp3) is 0.294. The zero-order valence-electron chi connectivity index (χ0n) is 13.2. The normalized spacial score (nSPS) is 10.9. The molecule has 1 N–H and O–H groups in total. The second kappa shape index (κ2) is 5.67. The summed E-state index contributed by atoms with van der Waals surface area (Å²) in [5.41, 5.74) is 4.95. The van der Waals surface area contributed by atoms with Crippen LogP contribution in [0.4, 0.5) is 0 Å². The first kappa shape index (κ1) is 14.4. The molecule has 3 rings (SSSR count). The van der Waals surface area contributed by atoms with Gasteiger partial charge in [-0.1, -0.05) is 0 Å². The van der Waals surface area contributed by atoms with E-state index in [9.17, 15) is 0 Å². The van der Waals surface area contributed by atoms with Gasteiger partial charge in [-0.2, -0.15) is 0 Å². The first-order valence-electron chi connectivity index (χ1n) is 7.14. The lowest BCUT2D eigenvalue weighted by atomic mass is 10.1. The standard InChI is InChI=1S/C17H19N3O2/c1-10-9-18-14(11(2)17(10)22-4)8-16-19-13-6-5-12(21-3)7-15(13)20-16/h5-7,9H,8H2,1-4H3,(H,19,20). The van der Waals surface area contributed by atoms with Gasteiger partial charge in [0.15, 0.2) is 0 Å². The summed E-state index contributed by atoms with van der Waals surface area (Å²) in [6, 6.07) is 5.80. The minimum Gasteiger partial charge on any atom is -0.497 e. The van der Waals surface area contributed by atoms with Crippen LogP contribution < -0.4 is 9.47 Å². The molecule has 0 aliphatic rings. The number of aryl methyl sites for hydroxylation is 1. The van der Waals surface area contributed by atoms with Crippen molar-refractivity contribution in [2.45, 2.75) is 20.3 Å². The van der Waals surface area contributed by atoms with Crippen molar-refractivity contribution in [1.82, 2.24) is 15.0 Å². The number of aromatic nitrogens is 3. The zero-order chi connectivity index (χ0) is 15.7. The topological polar surface area (TPSA) is 60.0 Å². The number of hydrogen-bond donors (Lipinski definition) is 1. The Morgan fingerprint density at radius 2 is 1.95 bits per heavy atom.